The molecule has 0 saturated heterocycles. The van der Waals surface area contributed by atoms with Crippen LogP contribution in [-0.2, 0) is 0 Å². The van der Waals surface area contributed by atoms with E-state index >= 15 is 0 Å². The number of hydrogen-bond acceptors (Lipinski definition) is 2. The normalized spacial score (nSPS) is 11.6. The largest absolute Gasteiger partial charge is 0.401 e. The second-order valence-corrected chi connectivity index (χ2v) is 4.05. The van der Waals surface area contributed by atoms with Gasteiger partial charge < -0.3 is 10.2 Å². The third kappa shape index (κ3) is 5.58. The Morgan fingerprint density at radius 2 is 1.76 bits per heavy atom. The molecule has 2 nitrogen and oxygen atoms in total. The molecule has 0 fully saturated rings. The molecule has 17 heavy (non-hydrogen) atoms. The van der Waals surface area contributed by atoms with Crippen LogP contribution in [0.1, 0.15) is 5.56 Å². The molecule has 0 aromatic heterocycles. The molecule has 0 aliphatic rings. The van der Waals surface area contributed by atoms with Crippen molar-refractivity contribution in [3.8, 4) is 0 Å². The summed E-state index contributed by atoms with van der Waals surface area (Å²) < 4.78 is 35.6. The van der Waals surface area contributed by atoms with E-state index < -0.39 is 12.7 Å². The molecule has 1 aromatic carbocycles. The van der Waals surface area contributed by atoms with Crippen molar-refractivity contribution >= 4 is 5.69 Å². The van der Waals surface area contributed by atoms with Gasteiger partial charge in [-0.05, 0) is 19.1 Å². The van der Waals surface area contributed by atoms with Crippen LogP contribution in [0.25, 0.3) is 0 Å². The van der Waals surface area contributed by atoms with E-state index in [9.17, 15) is 13.2 Å². The first-order valence-electron chi connectivity index (χ1n) is 5.44. The lowest BCUT2D eigenvalue weighted by Crippen LogP contribution is -2.35. The molecular weight excluding hydrogens is 229 g/mol. The van der Waals surface area contributed by atoms with Crippen LogP contribution in [0, 0.1) is 6.92 Å². The molecule has 0 heterocycles. The van der Waals surface area contributed by atoms with Crippen molar-refractivity contribution in [2.45, 2.75) is 13.1 Å². The van der Waals surface area contributed by atoms with Crippen LogP contribution in [-0.4, -0.2) is 32.9 Å². The van der Waals surface area contributed by atoms with E-state index in [-0.39, 0.29) is 0 Å². The van der Waals surface area contributed by atoms with Gasteiger partial charge in [0.1, 0.15) is 0 Å². The summed E-state index contributed by atoms with van der Waals surface area (Å²) in [4.78, 5) is 1.92. The maximum atomic E-state index is 11.9. The van der Waals surface area contributed by atoms with Gasteiger partial charge in [0.15, 0.2) is 0 Å². The Morgan fingerprint density at radius 3 is 2.29 bits per heavy atom. The molecule has 0 atom stereocenters. The zero-order valence-corrected chi connectivity index (χ0v) is 10.0. The number of aryl methyl sites for hydroxylation is 1. The monoisotopic (exact) mass is 246 g/mol. The van der Waals surface area contributed by atoms with Crippen molar-refractivity contribution in [1.82, 2.24) is 5.32 Å². The fourth-order valence-corrected chi connectivity index (χ4v) is 1.41. The minimum Gasteiger partial charge on any atom is -0.373 e. The molecule has 96 valence electrons. The van der Waals surface area contributed by atoms with Crippen LogP contribution in [0.4, 0.5) is 18.9 Å². The van der Waals surface area contributed by atoms with Crippen molar-refractivity contribution < 1.29 is 13.2 Å². The summed E-state index contributed by atoms with van der Waals surface area (Å²) in [6.07, 6.45) is -4.14. The molecule has 0 spiro atoms. The van der Waals surface area contributed by atoms with Gasteiger partial charge in [0, 0.05) is 25.8 Å². The Balaban J connectivity index is 2.30. The van der Waals surface area contributed by atoms with E-state index in [1.165, 1.54) is 0 Å². The first-order valence-corrected chi connectivity index (χ1v) is 5.44. The van der Waals surface area contributed by atoms with Gasteiger partial charge in [0.05, 0.1) is 6.54 Å². The Labute approximate surface area is 99.4 Å². The molecule has 0 unspecified atom stereocenters. The molecule has 0 saturated carbocycles. The first-order chi connectivity index (χ1) is 7.88. The zero-order chi connectivity index (χ0) is 12.9. The van der Waals surface area contributed by atoms with Gasteiger partial charge in [-0.2, -0.15) is 13.2 Å². The van der Waals surface area contributed by atoms with Gasteiger partial charge in [0.2, 0.25) is 0 Å². The first kappa shape index (κ1) is 13.8. The number of nitrogens with zero attached hydrogens (tertiary/aromatic N) is 1. The van der Waals surface area contributed by atoms with Crippen LogP contribution in [0.5, 0.6) is 0 Å². The Hall–Kier alpha value is -1.23. The quantitative estimate of drug-likeness (QED) is 0.803. The molecule has 0 aliphatic heterocycles. The molecule has 0 amide bonds. The van der Waals surface area contributed by atoms with Crippen molar-refractivity contribution in [1.29, 1.82) is 0 Å². The number of nitrogens with one attached hydrogen (secondary N) is 1. The number of alkyl halides is 3. The highest BCUT2D eigenvalue weighted by molar-refractivity contribution is 5.46. The standard InChI is InChI=1S/C12H17F3N2/c1-10-3-5-11(6-4-10)17(2)8-7-16-9-12(13,14)15/h3-6,16H,7-9H2,1-2H3. The zero-order valence-electron chi connectivity index (χ0n) is 10.0. The van der Waals surface area contributed by atoms with Crippen molar-refractivity contribution in [3.63, 3.8) is 0 Å². The fourth-order valence-electron chi connectivity index (χ4n) is 1.41. The van der Waals surface area contributed by atoms with E-state index in [1.54, 1.807) is 0 Å². The number of anilines is 1. The summed E-state index contributed by atoms with van der Waals surface area (Å²) in [5, 5.41) is 2.37. The van der Waals surface area contributed by atoms with Crippen molar-refractivity contribution in [2.75, 3.05) is 31.6 Å². The smallest absolute Gasteiger partial charge is 0.373 e. The lowest BCUT2D eigenvalue weighted by molar-refractivity contribution is -0.124. The van der Waals surface area contributed by atoms with Gasteiger partial charge in [-0.15, -0.1) is 0 Å². The summed E-state index contributed by atoms with van der Waals surface area (Å²) in [6.45, 7) is 1.91. The average Bonchev–Trinajstić information content (AvgIpc) is 2.24. The van der Waals surface area contributed by atoms with Crippen LogP contribution in [0.15, 0.2) is 24.3 Å². The van der Waals surface area contributed by atoms with E-state index in [1.807, 2.05) is 43.1 Å². The topological polar surface area (TPSA) is 15.3 Å². The minimum absolute atomic E-state index is 0.309. The predicted molar refractivity (Wildman–Crippen MR) is 63.4 cm³/mol. The number of hydrogen-bond donors (Lipinski definition) is 1. The number of halogens is 3. The molecule has 5 heteroatoms. The highest BCUT2D eigenvalue weighted by Gasteiger charge is 2.25. The Morgan fingerprint density at radius 1 is 1.18 bits per heavy atom. The third-order valence-electron chi connectivity index (χ3n) is 2.42. The average molecular weight is 246 g/mol. The summed E-state index contributed by atoms with van der Waals surface area (Å²) in [7, 11) is 1.86. The van der Waals surface area contributed by atoms with Crippen molar-refractivity contribution in [2.24, 2.45) is 0 Å². The van der Waals surface area contributed by atoms with E-state index in [0.29, 0.717) is 13.1 Å². The Bertz CT molecular complexity index is 333. The van der Waals surface area contributed by atoms with Gasteiger partial charge >= 0.3 is 6.18 Å². The maximum absolute atomic E-state index is 11.9. The van der Waals surface area contributed by atoms with Gasteiger partial charge in [-0.1, -0.05) is 17.7 Å². The number of benzene rings is 1. The fraction of sp³-hybridized carbons (Fsp3) is 0.500. The summed E-state index contributed by atoms with van der Waals surface area (Å²) in [5.41, 5.74) is 2.17. The number of likely N-dealkylation sites (N-methyl/N-ethyl adjacent to an activating group) is 1. The Kier molecular flexibility index (Phi) is 4.81. The third-order valence-corrected chi connectivity index (χ3v) is 2.42. The van der Waals surface area contributed by atoms with Crippen LogP contribution in [0.3, 0.4) is 0 Å². The lowest BCUT2D eigenvalue weighted by atomic mass is 10.2. The van der Waals surface area contributed by atoms with E-state index in [2.05, 4.69) is 5.32 Å². The maximum Gasteiger partial charge on any atom is 0.401 e. The molecule has 1 rings (SSSR count). The predicted octanol–water partition coefficient (Wildman–Crippen LogP) is 2.58. The number of rotatable bonds is 5. The molecule has 0 radical (unpaired) electrons. The van der Waals surface area contributed by atoms with Crippen LogP contribution < -0.4 is 10.2 Å². The van der Waals surface area contributed by atoms with E-state index in [0.717, 1.165) is 11.3 Å². The molecule has 1 N–H and O–H groups in total. The summed E-state index contributed by atoms with van der Waals surface area (Å²) >= 11 is 0. The molecule has 0 bridgehead atoms. The van der Waals surface area contributed by atoms with Crippen molar-refractivity contribution in [3.05, 3.63) is 29.8 Å². The highest BCUT2D eigenvalue weighted by atomic mass is 19.4. The van der Waals surface area contributed by atoms with Crippen LogP contribution in [0.2, 0.25) is 0 Å². The van der Waals surface area contributed by atoms with E-state index in [4.69, 9.17) is 0 Å². The van der Waals surface area contributed by atoms with Crippen LogP contribution >= 0.6 is 0 Å². The van der Waals surface area contributed by atoms with Gasteiger partial charge in [0.25, 0.3) is 0 Å². The van der Waals surface area contributed by atoms with Gasteiger partial charge in [-0.25, -0.2) is 0 Å². The summed E-state index contributed by atoms with van der Waals surface area (Å²) in [5.74, 6) is 0. The highest BCUT2D eigenvalue weighted by Crippen LogP contribution is 2.13. The molecule has 0 aliphatic carbocycles. The SMILES string of the molecule is Cc1ccc(N(C)CCNCC(F)(F)F)cc1. The second kappa shape index (κ2) is 5.91. The molecular formula is C12H17F3N2. The minimum atomic E-state index is -4.14. The van der Waals surface area contributed by atoms with Gasteiger partial charge in [-0.3, -0.25) is 0 Å². The second-order valence-electron chi connectivity index (χ2n) is 4.05. The lowest BCUT2D eigenvalue weighted by Gasteiger charge is -2.20. The molecule has 1 aromatic rings. The summed E-state index contributed by atoms with van der Waals surface area (Å²) in [6, 6.07) is 7.88.